The Morgan fingerprint density at radius 2 is 2.29 bits per heavy atom. The van der Waals surface area contributed by atoms with Gasteiger partial charge in [0.25, 0.3) is 5.56 Å². The lowest BCUT2D eigenvalue weighted by molar-refractivity contribution is 0.0382. The summed E-state index contributed by atoms with van der Waals surface area (Å²) in [5.41, 5.74) is 3.94. The number of unbranched alkanes of at least 4 members (excludes halogenated alkanes) is 1. The van der Waals surface area contributed by atoms with Gasteiger partial charge in [0.2, 0.25) is 0 Å². The summed E-state index contributed by atoms with van der Waals surface area (Å²) in [6, 6.07) is 0. The Kier molecular flexibility index (Phi) is 4.69. The lowest BCUT2D eigenvalue weighted by Gasteiger charge is -2.22. The van der Waals surface area contributed by atoms with E-state index in [2.05, 4.69) is 10.3 Å². The first-order valence-corrected chi connectivity index (χ1v) is 7.13. The predicted molar refractivity (Wildman–Crippen MR) is 79.5 cm³/mol. The summed E-state index contributed by atoms with van der Waals surface area (Å²) in [5, 5.41) is 13.0. The van der Waals surface area contributed by atoms with Crippen LogP contribution in [0.1, 0.15) is 26.2 Å². The Morgan fingerprint density at radius 1 is 1.52 bits per heavy atom. The number of nitrogen functional groups attached to an aromatic ring is 1. The van der Waals surface area contributed by atoms with Gasteiger partial charge in [0.05, 0.1) is 6.61 Å². The number of ether oxygens (including phenoxy) is 1. The average molecular weight is 298 g/mol. The van der Waals surface area contributed by atoms with Gasteiger partial charge in [-0.3, -0.25) is 14.3 Å². The van der Waals surface area contributed by atoms with Crippen LogP contribution in [0.5, 0.6) is 0 Å². The van der Waals surface area contributed by atoms with E-state index >= 15 is 0 Å². The molecule has 0 spiro atoms. The summed E-state index contributed by atoms with van der Waals surface area (Å²) in [5.74, 6) is 0.0970. The van der Waals surface area contributed by atoms with Gasteiger partial charge in [-0.05, 0) is 6.42 Å². The van der Waals surface area contributed by atoms with Crippen LogP contribution in [0.25, 0.3) is 0 Å². The van der Waals surface area contributed by atoms with Crippen LogP contribution in [0.2, 0.25) is 0 Å². The Labute approximate surface area is 121 Å². The van der Waals surface area contributed by atoms with Gasteiger partial charge in [-0.1, -0.05) is 13.3 Å². The fourth-order valence-corrected chi connectivity index (χ4v) is 2.29. The van der Waals surface area contributed by atoms with Crippen LogP contribution >= 0.6 is 0 Å². The summed E-state index contributed by atoms with van der Waals surface area (Å²) in [6.07, 6.45) is 2.19. The SMILES string of the molecule is CCCCn1c(N)c(NCC2(O)CCOC2)c(=O)[nH]c1=O. The van der Waals surface area contributed by atoms with Crippen molar-refractivity contribution in [1.82, 2.24) is 9.55 Å². The van der Waals surface area contributed by atoms with Crippen LogP contribution in [-0.2, 0) is 11.3 Å². The number of rotatable bonds is 6. The highest BCUT2D eigenvalue weighted by Gasteiger charge is 2.32. The first-order chi connectivity index (χ1) is 9.97. The van der Waals surface area contributed by atoms with Crippen molar-refractivity contribution in [3.63, 3.8) is 0 Å². The van der Waals surface area contributed by atoms with Gasteiger partial charge < -0.3 is 20.9 Å². The maximum atomic E-state index is 11.9. The maximum Gasteiger partial charge on any atom is 0.330 e. The second-order valence-corrected chi connectivity index (χ2v) is 5.41. The molecule has 0 saturated carbocycles. The molecule has 0 radical (unpaired) electrons. The Hall–Kier alpha value is -1.80. The molecule has 0 aromatic carbocycles. The van der Waals surface area contributed by atoms with Gasteiger partial charge in [-0.15, -0.1) is 0 Å². The minimum Gasteiger partial charge on any atom is -0.386 e. The molecule has 1 aliphatic rings. The molecule has 21 heavy (non-hydrogen) atoms. The van der Waals surface area contributed by atoms with Crippen molar-refractivity contribution >= 4 is 11.5 Å². The van der Waals surface area contributed by atoms with E-state index in [4.69, 9.17) is 10.5 Å². The second-order valence-electron chi connectivity index (χ2n) is 5.41. The summed E-state index contributed by atoms with van der Waals surface area (Å²) in [4.78, 5) is 25.9. The third-order valence-electron chi connectivity index (χ3n) is 3.65. The zero-order valence-electron chi connectivity index (χ0n) is 12.1. The van der Waals surface area contributed by atoms with Gasteiger partial charge in [0.1, 0.15) is 17.1 Å². The van der Waals surface area contributed by atoms with Crippen LogP contribution in [0.4, 0.5) is 11.5 Å². The van der Waals surface area contributed by atoms with Gasteiger partial charge in [-0.2, -0.15) is 0 Å². The first kappa shape index (κ1) is 15.6. The van der Waals surface area contributed by atoms with Crippen molar-refractivity contribution in [3.8, 4) is 0 Å². The zero-order chi connectivity index (χ0) is 15.5. The minimum atomic E-state index is -1.01. The number of nitrogens with zero attached hydrogens (tertiary/aromatic N) is 1. The van der Waals surface area contributed by atoms with E-state index in [1.807, 2.05) is 6.92 Å². The van der Waals surface area contributed by atoms with Gasteiger partial charge >= 0.3 is 5.69 Å². The van der Waals surface area contributed by atoms with Crippen LogP contribution in [-0.4, -0.2) is 40.0 Å². The molecule has 0 bridgehead atoms. The summed E-state index contributed by atoms with van der Waals surface area (Å²) in [6.45, 7) is 3.29. The van der Waals surface area contributed by atoms with Crippen molar-refractivity contribution < 1.29 is 9.84 Å². The van der Waals surface area contributed by atoms with E-state index in [1.54, 1.807) is 0 Å². The third-order valence-corrected chi connectivity index (χ3v) is 3.65. The maximum absolute atomic E-state index is 11.9. The molecule has 8 heteroatoms. The molecule has 1 saturated heterocycles. The number of H-pyrrole nitrogens is 1. The normalized spacial score (nSPS) is 21.6. The molecule has 1 aromatic rings. The highest BCUT2D eigenvalue weighted by atomic mass is 16.5. The molecule has 8 nitrogen and oxygen atoms in total. The number of hydrogen-bond acceptors (Lipinski definition) is 6. The summed E-state index contributed by atoms with van der Waals surface area (Å²) < 4.78 is 6.48. The molecule has 1 aliphatic heterocycles. The van der Waals surface area contributed by atoms with E-state index in [1.165, 1.54) is 4.57 Å². The van der Waals surface area contributed by atoms with Gasteiger partial charge in [0.15, 0.2) is 0 Å². The van der Waals surface area contributed by atoms with Crippen LogP contribution < -0.4 is 22.3 Å². The molecule has 0 aliphatic carbocycles. The lowest BCUT2D eigenvalue weighted by atomic mass is 10.0. The quantitative estimate of drug-likeness (QED) is 0.560. The van der Waals surface area contributed by atoms with E-state index in [-0.39, 0.29) is 24.7 Å². The zero-order valence-corrected chi connectivity index (χ0v) is 12.1. The number of anilines is 2. The van der Waals surface area contributed by atoms with Gasteiger partial charge in [0, 0.05) is 26.1 Å². The number of nitrogens with two attached hydrogens (primary N) is 1. The Bertz CT molecular complexity index is 601. The highest BCUT2D eigenvalue weighted by molar-refractivity contribution is 5.60. The molecule has 5 N–H and O–H groups in total. The molecule has 1 atom stereocenters. The number of aliphatic hydroxyl groups is 1. The fourth-order valence-electron chi connectivity index (χ4n) is 2.29. The number of aromatic nitrogens is 2. The highest BCUT2D eigenvalue weighted by Crippen LogP contribution is 2.20. The van der Waals surface area contributed by atoms with E-state index in [9.17, 15) is 14.7 Å². The van der Waals surface area contributed by atoms with E-state index in [0.717, 1.165) is 12.8 Å². The Morgan fingerprint density at radius 3 is 2.90 bits per heavy atom. The second kappa shape index (κ2) is 6.31. The van der Waals surface area contributed by atoms with Crippen molar-refractivity contribution in [2.75, 3.05) is 30.8 Å². The lowest BCUT2D eigenvalue weighted by Crippen LogP contribution is -2.40. The molecule has 1 fully saturated rings. The van der Waals surface area contributed by atoms with E-state index < -0.39 is 16.9 Å². The van der Waals surface area contributed by atoms with Crippen molar-refractivity contribution in [2.24, 2.45) is 0 Å². The number of nitrogens with one attached hydrogen (secondary N) is 2. The molecule has 118 valence electrons. The first-order valence-electron chi connectivity index (χ1n) is 7.13. The van der Waals surface area contributed by atoms with Crippen molar-refractivity contribution in [2.45, 2.75) is 38.3 Å². The molecule has 2 heterocycles. The van der Waals surface area contributed by atoms with Crippen LogP contribution in [0.3, 0.4) is 0 Å². The van der Waals surface area contributed by atoms with Crippen molar-refractivity contribution in [3.05, 3.63) is 20.8 Å². The number of aromatic amines is 1. The van der Waals surface area contributed by atoms with Crippen LogP contribution in [0.15, 0.2) is 9.59 Å². The molecule has 1 unspecified atom stereocenters. The molecule has 1 aromatic heterocycles. The molecular formula is C13H22N4O4. The largest absolute Gasteiger partial charge is 0.386 e. The third kappa shape index (κ3) is 3.45. The molecule has 2 rings (SSSR count). The Balaban J connectivity index is 2.22. The minimum absolute atomic E-state index is 0.0970. The summed E-state index contributed by atoms with van der Waals surface area (Å²) >= 11 is 0. The summed E-state index contributed by atoms with van der Waals surface area (Å²) in [7, 11) is 0. The molecule has 0 amide bonds. The predicted octanol–water partition coefficient (Wildman–Crippen LogP) is -0.518. The average Bonchev–Trinajstić information content (AvgIpc) is 2.85. The smallest absolute Gasteiger partial charge is 0.330 e. The standard InChI is InChI=1S/C13H22N4O4/c1-2-3-5-17-10(14)9(11(18)16-12(17)19)15-7-13(20)4-6-21-8-13/h15,20H,2-8,14H2,1H3,(H,16,18,19). The van der Waals surface area contributed by atoms with Crippen LogP contribution in [0, 0.1) is 0 Å². The van der Waals surface area contributed by atoms with Gasteiger partial charge in [-0.25, -0.2) is 4.79 Å². The van der Waals surface area contributed by atoms with Crippen molar-refractivity contribution in [1.29, 1.82) is 0 Å². The molecular weight excluding hydrogens is 276 g/mol. The topological polar surface area (TPSA) is 122 Å². The van der Waals surface area contributed by atoms with E-state index in [0.29, 0.717) is 19.6 Å². The fraction of sp³-hybridized carbons (Fsp3) is 0.692. The monoisotopic (exact) mass is 298 g/mol. The number of hydrogen-bond donors (Lipinski definition) is 4.